The van der Waals surface area contributed by atoms with E-state index in [-0.39, 0.29) is 0 Å². The van der Waals surface area contributed by atoms with Crippen LogP contribution in [-0.2, 0) is 0 Å². The van der Waals surface area contributed by atoms with E-state index in [4.69, 9.17) is 0 Å². The lowest BCUT2D eigenvalue weighted by Gasteiger charge is -2.01. The van der Waals surface area contributed by atoms with Crippen molar-refractivity contribution in [2.45, 2.75) is 0 Å². The number of aromatic nitrogens is 2. The second-order valence-electron chi connectivity index (χ2n) is 6.80. The van der Waals surface area contributed by atoms with Gasteiger partial charge in [0.1, 0.15) is 0 Å². The Balaban J connectivity index is 1.73. The van der Waals surface area contributed by atoms with Gasteiger partial charge in [0.25, 0.3) is 0 Å². The maximum Gasteiger partial charge on any atom is 0.0538 e. The summed E-state index contributed by atoms with van der Waals surface area (Å²) < 4.78 is 0. The molecule has 2 nitrogen and oxygen atoms in total. The zero-order valence-electron chi connectivity index (χ0n) is 14.1. The molecule has 0 atom stereocenters. The minimum Gasteiger partial charge on any atom is -0.354 e. The normalized spacial score (nSPS) is 11.8. The summed E-state index contributed by atoms with van der Waals surface area (Å²) >= 11 is 0. The molecule has 0 aliphatic carbocycles. The van der Waals surface area contributed by atoms with Gasteiger partial charge in [-0.25, -0.2) is 0 Å². The highest BCUT2D eigenvalue weighted by Crippen LogP contribution is 2.42. The molecule has 122 valence electrons. The maximum absolute atomic E-state index is 3.64. The molecule has 26 heavy (non-hydrogen) atoms. The van der Waals surface area contributed by atoms with Gasteiger partial charge in [0.2, 0.25) is 0 Å². The number of hydrogen-bond donors (Lipinski definition) is 2. The van der Waals surface area contributed by atoms with Crippen molar-refractivity contribution in [1.29, 1.82) is 0 Å². The highest BCUT2D eigenvalue weighted by molar-refractivity contribution is 6.27. The van der Waals surface area contributed by atoms with Crippen LogP contribution in [0.1, 0.15) is 0 Å². The monoisotopic (exact) mass is 332 g/mol. The van der Waals surface area contributed by atoms with Crippen LogP contribution in [0.25, 0.3) is 55.1 Å². The largest absolute Gasteiger partial charge is 0.354 e. The highest BCUT2D eigenvalue weighted by atomic mass is 14.7. The van der Waals surface area contributed by atoms with Crippen molar-refractivity contribution in [1.82, 2.24) is 9.97 Å². The number of nitrogens with one attached hydrogen (secondary N) is 2. The van der Waals surface area contributed by atoms with Crippen LogP contribution in [0, 0.1) is 0 Å². The van der Waals surface area contributed by atoms with E-state index >= 15 is 0 Å². The first-order valence-electron chi connectivity index (χ1n) is 8.89. The molecule has 2 heteroatoms. The van der Waals surface area contributed by atoms with Gasteiger partial charge in [0, 0.05) is 32.6 Å². The average Bonchev–Trinajstić information content (AvgIpc) is 3.27. The molecule has 0 saturated carbocycles. The van der Waals surface area contributed by atoms with Crippen molar-refractivity contribution in [3.63, 3.8) is 0 Å². The molecule has 0 aliphatic heterocycles. The molecule has 0 radical (unpaired) electrons. The Bertz CT molecular complexity index is 1250. The fourth-order valence-electron chi connectivity index (χ4n) is 4.19. The Labute approximate surface area is 150 Å². The van der Waals surface area contributed by atoms with Crippen LogP contribution in [0.2, 0.25) is 0 Å². The lowest BCUT2D eigenvalue weighted by Crippen LogP contribution is -1.77. The second-order valence-corrected chi connectivity index (χ2v) is 6.80. The van der Waals surface area contributed by atoms with Crippen LogP contribution in [0.5, 0.6) is 0 Å². The number of H-pyrrole nitrogens is 2. The molecule has 2 N–H and O–H groups in total. The highest BCUT2D eigenvalue weighted by Gasteiger charge is 2.18. The summed E-state index contributed by atoms with van der Waals surface area (Å²) in [6, 6.07) is 30.0. The van der Waals surface area contributed by atoms with Gasteiger partial charge in [-0.05, 0) is 23.3 Å². The van der Waals surface area contributed by atoms with Gasteiger partial charge in [-0.2, -0.15) is 0 Å². The van der Waals surface area contributed by atoms with Crippen molar-refractivity contribution in [2.24, 2.45) is 0 Å². The van der Waals surface area contributed by atoms with Crippen molar-refractivity contribution < 1.29 is 0 Å². The summed E-state index contributed by atoms with van der Waals surface area (Å²) in [5, 5.41) is 5.19. The standard InChI is InChI=1S/C24H16N2/c1-3-7-15(8-4-1)23-17-11-13-20-22-18(12-14-19(25-23)21(17)22)24(26-20)16-9-5-2-6-10-16/h1-14,25-26H. The van der Waals surface area contributed by atoms with Crippen LogP contribution in [0.15, 0.2) is 84.9 Å². The molecule has 0 unspecified atom stereocenters. The fraction of sp³-hybridized carbons (Fsp3) is 0. The van der Waals surface area contributed by atoms with Gasteiger partial charge in [0.15, 0.2) is 0 Å². The summed E-state index contributed by atoms with van der Waals surface area (Å²) in [5.41, 5.74) is 7.21. The number of hydrogen-bond acceptors (Lipinski definition) is 0. The first kappa shape index (κ1) is 13.7. The van der Waals surface area contributed by atoms with Crippen molar-refractivity contribution in [3.05, 3.63) is 84.9 Å². The van der Waals surface area contributed by atoms with Crippen molar-refractivity contribution in [2.75, 3.05) is 0 Å². The van der Waals surface area contributed by atoms with Crippen LogP contribution in [0.3, 0.4) is 0 Å². The first-order valence-corrected chi connectivity index (χ1v) is 8.89. The maximum atomic E-state index is 3.64. The van der Waals surface area contributed by atoms with E-state index in [1.807, 2.05) is 0 Å². The summed E-state index contributed by atoms with van der Waals surface area (Å²) in [5.74, 6) is 0. The first-order chi connectivity index (χ1) is 12.9. The third kappa shape index (κ3) is 1.76. The molecular formula is C24H16N2. The molecule has 0 saturated heterocycles. The Morgan fingerprint density at radius 3 is 1.27 bits per heavy atom. The summed E-state index contributed by atoms with van der Waals surface area (Å²) in [7, 11) is 0. The summed E-state index contributed by atoms with van der Waals surface area (Å²) in [6.07, 6.45) is 0. The van der Waals surface area contributed by atoms with E-state index < -0.39 is 0 Å². The zero-order valence-corrected chi connectivity index (χ0v) is 14.1. The van der Waals surface area contributed by atoms with Crippen LogP contribution >= 0.6 is 0 Å². The van der Waals surface area contributed by atoms with Crippen LogP contribution < -0.4 is 0 Å². The summed E-state index contributed by atoms with van der Waals surface area (Å²) in [6.45, 7) is 0. The lowest BCUT2D eigenvalue weighted by molar-refractivity contribution is 1.46. The van der Waals surface area contributed by atoms with E-state index in [2.05, 4.69) is 94.9 Å². The Morgan fingerprint density at radius 2 is 0.846 bits per heavy atom. The zero-order chi connectivity index (χ0) is 17.1. The molecule has 0 fully saturated rings. The third-order valence-corrected chi connectivity index (χ3v) is 5.34. The van der Waals surface area contributed by atoms with E-state index in [9.17, 15) is 0 Å². The minimum atomic E-state index is 1.19. The summed E-state index contributed by atoms with van der Waals surface area (Å²) in [4.78, 5) is 7.28. The van der Waals surface area contributed by atoms with E-state index in [0.717, 1.165) is 0 Å². The molecule has 2 heterocycles. The predicted octanol–water partition coefficient (Wildman–Crippen LogP) is 6.57. The molecule has 0 bridgehead atoms. The van der Waals surface area contributed by atoms with Crippen molar-refractivity contribution >= 4 is 32.6 Å². The minimum absolute atomic E-state index is 1.19. The van der Waals surface area contributed by atoms with Crippen molar-refractivity contribution in [3.8, 4) is 22.5 Å². The molecule has 2 aromatic heterocycles. The SMILES string of the molecule is c1ccc(-c2[nH]c3ccc4c(-c5ccccc5)[nH]c5ccc2c3c54)cc1. The van der Waals surface area contributed by atoms with Gasteiger partial charge >= 0.3 is 0 Å². The molecule has 4 aromatic carbocycles. The molecule has 0 amide bonds. The van der Waals surface area contributed by atoms with Gasteiger partial charge < -0.3 is 9.97 Å². The van der Waals surface area contributed by atoms with E-state index in [1.165, 1.54) is 55.1 Å². The van der Waals surface area contributed by atoms with Gasteiger partial charge in [-0.1, -0.05) is 72.8 Å². The van der Waals surface area contributed by atoms with Crippen LogP contribution in [-0.4, -0.2) is 9.97 Å². The van der Waals surface area contributed by atoms with E-state index in [0.29, 0.717) is 0 Å². The quantitative estimate of drug-likeness (QED) is 0.359. The fourth-order valence-corrected chi connectivity index (χ4v) is 4.19. The number of aromatic amines is 2. The number of rotatable bonds is 2. The second kappa shape index (κ2) is 4.99. The average molecular weight is 332 g/mol. The topological polar surface area (TPSA) is 31.6 Å². The smallest absolute Gasteiger partial charge is 0.0538 e. The van der Waals surface area contributed by atoms with Gasteiger partial charge in [0.05, 0.1) is 11.4 Å². The molecule has 6 aromatic rings. The predicted molar refractivity (Wildman–Crippen MR) is 110 cm³/mol. The molecule has 6 rings (SSSR count). The number of benzene rings is 4. The van der Waals surface area contributed by atoms with Crippen LogP contribution in [0.4, 0.5) is 0 Å². The van der Waals surface area contributed by atoms with E-state index in [1.54, 1.807) is 0 Å². The Kier molecular flexibility index (Phi) is 2.64. The Hall–Kier alpha value is -3.52. The molecule has 0 aliphatic rings. The Morgan fingerprint density at radius 1 is 0.423 bits per heavy atom. The third-order valence-electron chi connectivity index (χ3n) is 5.34. The lowest BCUT2D eigenvalue weighted by atomic mass is 10.00. The molecule has 0 spiro atoms. The van der Waals surface area contributed by atoms with Gasteiger partial charge in [-0.15, -0.1) is 0 Å². The molecular weight excluding hydrogens is 316 g/mol. The van der Waals surface area contributed by atoms with Gasteiger partial charge in [-0.3, -0.25) is 0 Å².